The molecule has 0 aliphatic heterocycles. The molecule has 0 radical (unpaired) electrons. The summed E-state index contributed by atoms with van der Waals surface area (Å²) in [7, 11) is 0. The summed E-state index contributed by atoms with van der Waals surface area (Å²) in [4.78, 5) is 15.1. The van der Waals surface area contributed by atoms with Crippen LogP contribution in [0.4, 0.5) is 0 Å². The van der Waals surface area contributed by atoms with Crippen molar-refractivity contribution in [3.05, 3.63) is 33.4 Å². The average Bonchev–Trinajstić information content (AvgIpc) is 2.78. The molecule has 5 nitrogen and oxygen atoms in total. The van der Waals surface area contributed by atoms with Gasteiger partial charge in [0.05, 0.1) is 18.2 Å². The molecule has 0 spiro atoms. The number of hydrogen-bond donors (Lipinski definition) is 3. The first-order valence-corrected chi connectivity index (χ1v) is 7.32. The SMILES string of the molecule is CCOC(=O)c1[nH]c2cc(Cl)cc(Cl)c2c1CNCCO. The van der Waals surface area contributed by atoms with Gasteiger partial charge in [0.25, 0.3) is 0 Å². The number of aliphatic hydroxyl groups excluding tert-OH is 1. The second-order valence-electron chi connectivity index (χ2n) is 4.41. The quantitative estimate of drug-likeness (QED) is 0.562. The molecule has 1 aromatic carbocycles. The van der Waals surface area contributed by atoms with E-state index in [2.05, 4.69) is 10.3 Å². The number of benzene rings is 1. The zero-order valence-electron chi connectivity index (χ0n) is 11.5. The van der Waals surface area contributed by atoms with Crippen molar-refractivity contribution in [3.63, 3.8) is 0 Å². The number of carbonyl (C=O) groups is 1. The molecule has 3 N–H and O–H groups in total. The van der Waals surface area contributed by atoms with E-state index in [0.29, 0.717) is 39.9 Å². The normalized spacial score (nSPS) is 11.0. The van der Waals surface area contributed by atoms with Gasteiger partial charge in [-0.2, -0.15) is 0 Å². The predicted molar refractivity (Wildman–Crippen MR) is 83.1 cm³/mol. The number of halogens is 2. The van der Waals surface area contributed by atoms with Gasteiger partial charge in [-0.25, -0.2) is 4.79 Å². The van der Waals surface area contributed by atoms with Crippen LogP contribution in [0, 0.1) is 0 Å². The third kappa shape index (κ3) is 3.49. The number of hydrogen-bond acceptors (Lipinski definition) is 4. The minimum absolute atomic E-state index is 0.0106. The minimum Gasteiger partial charge on any atom is -0.461 e. The number of ether oxygens (including phenoxy) is 1. The summed E-state index contributed by atoms with van der Waals surface area (Å²) >= 11 is 12.2. The number of aliphatic hydroxyl groups is 1. The monoisotopic (exact) mass is 330 g/mol. The lowest BCUT2D eigenvalue weighted by molar-refractivity contribution is 0.0519. The molecule has 2 aromatic rings. The van der Waals surface area contributed by atoms with Crippen LogP contribution in [0.1, 0.15) is 23.0 Å². The smallest absolute Gasteiger partial charge is 0.355 e. The fourth-order valence-corrected chi connectivity index (χ4v) is 2.77. The molecule has 1 aromatic heterocycles. The van der Waals surface area contributed by atoms with Crippen molar-refractivity contribution in [2.45, 2.75) is 13.5 Å². The number of nitrogens with one attached hydrogen (secondary N) is 2. The zero-order chi connectivity index (χ0) is 15.4. The molecular weight excluding hydrogens is 315 g/mol. The number of aromatic amines is 1. The molecule has 2 rings (SSSR count). The number of H-pyrrole nitrogens is 1. The minimum atomic E-state index is -0.443. The largest absolute Gasteiger partial charge is 0.461 e. The Kier molecular flexibility index (Phi) is 5.47. The van der Waals surface area contributed by atoms with E-state index < -0.39 is 5.97 Å². The maximum absolute atomic E-state index is 12.1. The van der Waals surface area contributed by atoms with Crippen LogP contribution in [0.3, 0.4) is 0 Å². The van der Waals surface area contributed by atoms with E-state index in [1.807, 2.05) is 0 Å². The molecule has 0 atom stereocenters. The third-order valence-electron chi connectivity index (χ3n) is 2.99. The summed E-state index contributed by atoms with van der Waals surface area (Å²) in [5.74, 6) is -0.443. The Bertz CT molecular complexity index is 655. The van der Waals surface area contributed by atoms with Gasteiger partial charge in [0.2, 0.25) is 0 Å². The number of esters is 1. The Morgan fingerprint density at radius 3 is 2.86 bits per heavy atom. The molecule has 21 heavy (non-hydrogen) atoms. The first-order chi connectivity index (χ1) is 10.1. The molecule has 0 aliphatic rings. The first kappa shape index (κ1) is 16.1. The van der Waals surface area contributed by atoms with Gasteiger partial charge in [0, 0.05) is 34.6 Å². The van der Waals surface area contributed by atoms with E-state index in [-0.39, 0.29) is 13.2 Å². The Morgan fingerprint density at radius 2 is 2.19 bits per heavy atom. The van der Waals surface area contributed by atoms with E-state index >= 15 is 0 Å². The Labute approximate surface area is 132 Å². The molecule has 7 heteroatoms. The number of fused-ring (bicyclic) bond motifs is 1. The molecule has 0 fully saturated rings. The van der Waals surface area contributed by atoms with Crippen LogP contribution < -0.4 is 5.32 Å². The zero-order valence-corrected chi connectivity index (χ0v) is 13.0. The van der Waals surface area contributed by atoms with Gasteiger partial charge >= 0.3 is 5.97 Å². The van der Waals surface area contributed by atoms with Crippen molar-refractivity contribution >= 4 is 40.1 Å². The highest BCUT2D eigenvalue weighted by molar-refractivity contribution is 6.39. The summed E-state index contributed by atoms with van der Waals surface area (Å²) in [6.07, 6.45) is 0. The topological polar surface area (TPSA) is 74.4 Å². The fraction of sp³-hybridized carbons (Fsp3) is 0.357. The van der Waals surface area contributed by atoms with Gasteiger partial charge in [0.1, 0.15) is 5.69 Å². The highest BCUT2D eigenvalue weighted by Gasteiger charge is 2.20. The van der Waals surface area contributed by atoms with Crippen LogP contribution in [0.5, 0.6) is 0 Å². The maximum atomic E-state index is 12.1. The molecule has 0 bridgehead atoms. The van der Waals surface area contributed by atoms with Crippen molar-refractivity contribution in [1.29, 1.82) is 0 Å². The maximum Gasteiger partial charge on any atom is 0.355 e. The molecule has 0 saturated heterocycles. The third-order valence-corrected chi connectivity index (χ3v) is 3.50. The lowest BCUT2D eigenvalue weighted by Gasteiger charge is -2.06. The van der Waals surface area contributed by atoms with Crippen LogP contribution >= 0.6 is 23.2 Å². The van der Waals surface area contributed by atoms with Gasteiger partial charge < -0.3 is 20.1 Å². The van der Waals surface area contributed by atoms with Crippen molar-refractivity contribution in [2.24, 2.45) is 0 Å². The highest BCUT2D eigenvalue weighted by atomic mass is 35.5. The highest BCUT2D eigenvalue weighted by Crippen LogP contribution is 2.32. The first-order valence-electron chi connectivity index (χ1n) is 6.56. The van der Waals surface area contributed by atoms with E-state index in [1.54, 1.807) is 19.1 Å². The van der Waals surface area contributed by atoms with E-state index in [9.17, 15) is 4.79 Å². The number of rotatable bonds is 6. The lowest BCUT2D eigenvalue weighted by atomic mass is 10.1. The van der Waals surface area contributed by atoms with Crippen molar-refractivity contribution < 1.29 is 14.6 Å². The number of carbonyl (C=O) groups excluding carboxylic acids is 1. The molecule has 114 valence electrons. The van der Waals surface area contributed by atoms with Crippen LogP contribution in [-0.2, 0) is 11.3 Å². The number of aromatic nitrogens is 1. The molecular formula is C14H16Cl2N2O3. The van der Waals surface area contributed by atoms with Crippen molar-refractivity contribution in [2.75, 3.05) is 19.8 Å². The second-order valence-corrected chi connectivity index (χ2v) is 5.25. The van der Waals surface area contributed by atoms with Gasteiger partial charge in [-0.1, -0.05) is 23.2 Å². The average molecular weight is 331 g/mol. The van der Waals surface area contributed by atoms with Gasteiger partial charge in [-0.3, -0.25) is 0 Å². The predicted octanol–water partition coefficient (Wildman–Crippen LogP) is 2.73. The molecule has 0 unspecified atom stereocenters. The second kappa shape index (κ2) is 7.13. The Balaban J connectivity index is 2.52. The molecule has 1 heterocycles. The van der Waals surface area contributed by atoms with Crippen molar-refractivity contribution in [1.82, 2.24) is 10.3 Å². The standard InChI is InChI=1S/C14H16Cl2N2O3/c1-2-21-14(20)13-9(7-17-3-4-19)12-10(16)5-8(15)6-11(12)18-13/h5-6,17-19H,2-4,7H2,1H3. The van der Waals surface area contributed by atoms with Crippen LogP contribution in [-0.4, -0.2) is 35.8 Å². The Hall–Kier alpha value is -1.27. The summed E-state index contributed by atoms with van der Waals surface area (Å²) in [5.41, 5.74) is 1.73. The Morgan fingerprint density at radius 1 is 1.43 bits per heavy atom. The van der Waals surface area contributed by atoms with Crippen LogP contribution in [0.25, 0.3) is 10.9 Å². The molecule has 0 amide bonds. The summed E-state index contributed by atoms with van der Waals surface area (Å²) in [6, 6.07) is 3.34. The van der Waals surface area contributed by atoms with E-state index in [4.69, 9.17) is 33.0 Å². The van der Waals surface area contributed by atoms with Crippen molar-refractivity contribution in [3.8, 4) is 0 Å². The summed E-state index contributed by atoms with van der Waals surface area (Å²) < 4.78 is 5.05. The van der Waals surface area contributed by atoms with Crippen LogP contribution in [0.2, 0.25) is 10.0 Å². The summed E-state index contributed by atoms with van der Waals surface area (Å²) in [6.45, 7) is 2.84. The van der Waals surface area contributed by atoms with Crippen LogP contribution in [0.15, 0.2) is 12.1 Å². The van der Waals surface area contributed by atoms with Gasteiger partial charge in [0.15, 0.2) is 0 Å². The summed E-state index contributed by atoms with van der Waals surface area (Å²) in [5, 5.41) is 13.6. The van der Waals surface area contributed by atoms with E-state index in [1.165, 1.54) is 0 Å². The molecule has 0 aliphatic carbocycles. The van der Waals surface area contributed by atoms with E-state index in [0.717, 1.165) is 5.39 Å². The fourth-order valence-electron chi connectivity index (χ4n) is 2.16. The van der Waals surface area contributed by atoms with Gasteiger partial charge in [-0.15, -0.1) is 0 Å². The lowest BCUT2D eigenvalue weighted by Crippen LogP contribution is -2.19. The van der Waals surface area contributed by atoms with Gasteiger partial charge in [-0.05, 0) is 19.1 Å². The molecule has 0 saturated carbocycles.